The van der Waals surface area contributed by atoms with Crippen LogP contribution < -0.4 is 0 Å². The number of piperidine rings is 1. The molecule has 27 heavy (non-hydrogen) atoms. The maximum absolute atomic E-state index is 12.7. The second kappa shape index (κ2) is 8.85. The number of benzene rings is 1. The van der Waals surface area contributed by atoms with Crippen molar-refractivity contribution in [2.45, 2.75) is 45.3 Å². The van der Waals surface area contributed by atoms with Crippen LogP contribution in [-0.4, -0.2) is 76.9 Å². The average molecular weight is 373 g/mol. The van der Waals surface area contributed by atoms with Gasteiger partial charge in [0, 0.05) is 57.3 Å². The number of aliphatic hydroxyl groups is 1. The lowest BCUT2D eigenvalue weighted by Crippen LogP contribution is -2.54. The van der Waals surface area contributed by atoms with E-state index < -0.39 is 6.10 Å². The topological polar surface area (TPSA) is 64.1 Å². The van der Waals surface area contributed by atoms with Crippen molar-refractivity contribution in [3.63, 3.8) is 0 Å². The lowest BCUT2D eigenvalue weighted by Gasteiger charge is -2.42. The third-order valence-corrected chi connectivity index (χ3v) is 5.88. The van der Waals surface area contributed by atoms with Crippen LogP contribution in [0, 0.1) is 0 Å². The summed E-state index contributed by atoms with van der Waals surface area (Å²) in [7, 11) is 0. The molecular formula is C21H31N3O3. The zero-order valence-electron chi connectivity index (χ0n) is 16.4. The number of carbonyl (C=O) groups is 2. The molecule has 2 fully saturated rings. The fourth-order valence-corrected chi connectivity index (χ4v) is 4.08. The fourth-order valence-electron chi connectivity index (χ4n) is 4.08. The molecule has 2 amide bonds. The van der Waals surface area contributed by atoms with Crippen LogP contribution >= 0.6 is 0 Å². The Morgan fingerprint density at radius 3 is 2.11 bits per heavy atom. The van der Waals surface area contributed by atoms with E-state index in [1.807, 2.05) is 28.9 Å². The Labute approximate surface area is 161 Å². The van der Waals surface area contributed by atoms with Gasteiger partial charge in [-0.05, 0) is 37.5 Å². The van der Waals surface area contributed by atoms with Crippen LogP contribution in [0.1, 0.15) is 55.1 Å². The summed E-state index contributed by atoms with van der Waals surface area (Å²) in [5.41, 5.74) is 1.50. The summed E-state index contributed by atoms with van der Waals surface area (Å²) < 4.78 is 0. The van der Waals surface area contributed by atoms with Crippen LogP contribution in [0.25, 0.3) is 0 Å². The van der Waals surface area contributed by atoms with Gasteiger partial charge >= 0.3 is 0 Å². The van der Waals surface area contributed by atoms with E-state index in [1.165, 1.54) is 0 Å². The number of amides is 2. The van der Waals surface area contributed by atoms with Crippen molar-refractivity contribution in [1.29, 1.82) is 0 Å². The number of carbonyl (C=O) groups excluding carboxylic acids is 2. The highest BCUT2D eigenvalue weighted by Crippen LogP contribution is 2.20. The van der Waals surface area contributed by atoms with Crippen LogP contribution in [0.15, 0.2) is 24.3 Å². The molecule has 1 aromatic rings. The minimum atomic E-state index is -0.517. The lowest BCUT2D eigenvalue weighted by molar-refractivity contribution is -0.132. The first-order valence-electron chi connectivity index (χ1n) is 10.1. The van der Waals surface area contributed by atoms with Crippen molar-refractivity contribution in [2.24, 2.45) is 0 Å². The zero-order chi connectivity index (χ0) is 19.4. The van der Waals surface area contributed by atoms with E-state index in [2.05, 4.69) is 4.90 Å². The number of aliphatic hydroxyl groups excluding tert-OH is 1. The van der Waals surface area contributed by atoms with Crippen molar-refractivity contribution >= 4 is 11.8 Å². The molecule has 0 bridgehead atoms. The van der Waals surface area contributed by atoms with Gasteiger partial charge in [-0.15, -0.1) is 0 Å². The van der Waals surface area contributed by atoms with Gasteiger partial charge in [0.1, 0.15) is 0 Å². The molecule has 0 aliphatic carbocycles. The summed E-state index contributed by atoms with van der Waals surface area (Å²) in [5.74, 6) is 0.320. The quantitative estimate of drug-likeness (QED) is 0.876. The summed E-state index contributed by atoms with van der Waals surface area (Å²) in [5, 5.41) is 9.59. The summed E-state index contributed by atoms with van der Waals surface area (Å²) in [6.45, 7) is 8.61. The van der Waals surface area contributed by atoms with Crippen molar-refractivity contribution in [2.75, 3.05) is 39.3 Å². The molecule has 2 aliphatic rings. The van der Waals surface area contributed by atoms with Gasteiger partial charge in [0.2, 0.25) is 5.91 Å². The van der Waals surface area contributed by atoms with E-state index >= 15 is 0 Å². The number of hydrogen-bond acceptors (Lipinski definition) is 4. The first-order valence-corrected chi connectivity index (χ1v) is 10.1. The minimum absolute atomic E-state index is 0.0650. The third-order valence-electron chi connectivity index (χ3n) is 5.88. The van der Waals surface area contributed by atoms with Crippen LogP contribution in [0.5, 0.6) is 0 Å². The predicted octanol–water partition coefficient (Wildman–Crippen LogP) is 1.90. The van der Waals surface area contributed by atoms with Crippen LogP contribution in [0.4, 0.5) is 0 Å². The van der Waals surface area contributed by atoms with E-state index in [0.29, 0.717) is 18.0 Å². The van der Waals surface area contributed by atoms with Crippen molar-refractivity contribution in [3.05, 3.63) is 35.4 Å². The van der Waals surface area contributed by atoms with Gasteiger partial charge in [0.25, 0.3) is 5.91 Å². The highest BCUT2D eigenvalue weighted by atomic mass is 16.3. The van der Waals surface area contributed by atoms with Crippen molar-refractivity contribution in [3.8, 4) is 0 Å². The number of hydrogen-bond donors (Lipinski definition) is 1. The molecule has 0 spiro atoms. The first-order chi connectivity index (χ1) is 13.0. The summed E-state index contributed by atoms with van der Waals surface area (Å²) in [4.78, 5) is 30.9. The lowest BCUT2D eigenvalue weighted by atomic mass is 10.0. The number of likely N-dealkylation sites (tertiary alicyclic amines) is 1. The molecule has 2 heterocycles. The first kappa shape index (κ1) is 19.8. The van der Waals surface area contributed by atoms with E-state index in [-0.39, 0.29) is 11.8 Å². The highest BCUT2D eigenvalue weighted by molar-refractivity contribution is 5.94. The van der Waals surface area contributed by atoms with Gasteiger partial charge in [-0.3, -0.25) is 14.5 Å². The third kappa shape index (κ3) is 4.68. The second-order valence-corrected chi connectivity index (χ2v) is 7.59. The van der Waals surface area contributed by atoms with Gasteiger partial charge in [0.15, 0.2) is 0 Å². The SMILES string of the molecule is CCC(=O)N1CCC(N2CCN(C(=O)c3ccc(C(C)O)cc3)CC2)CC1. The zero-order valence-corrected chi connectivity index (χ0v) is 16.4. The largest absolute Gasteiger partial charge is 0.389 e. The normalized spacial score (nSPS) is 20.6. The molecule has 1 atom stereocenters. The number of rotatable bonds is 4. The second-order valence-electron chi connectivity index (χ2n) is 7.59. The van der Waals surface area contributed by atoms with E-state index in [0.717, 1.165) is 57.7 Å². The van der Waals surface area contributed by atoms with Gasteiger partial charge in [-0.25, -0.2) is 0 Å². The monoisotopic (exact) mass is 373 g/mol. The van der Waals surface area contributed by atoms with Gasteiger partial charge < -0.3 is 14.9 Å². The molecule has 1 unspecified atom stereocenters. The standard InChI is InChI=1S/C21H31N3O3/c1-3-20(26)23-10-8-19(9-11-23)22-12-14-24(15-13-22)21(27)18-6-4-17(5-7-18)16(2)25/h4-7,16,19,25H,3,8-15H2,1-2H3. The molecule has 0 radical (unpaired) electrons. The fraction of sp³-hybridized carbons (Fsp3) is 0.619. The minimum Gasteiger partial charge on any atom is -0.389 e. The molecule has 3 rings (SSSR count). The van der Waals surface area contributed by atoms with E-state index in [4.69, 9.17) is 0 Å². The molecule has 2 saturated heterocycles. The van der Waals surface area contributed by atoms with Gasteiger partial charge in [-0.2, -0.15) is 0 Å². The maximum Gasteiger partial charge on any atom is 0.253 e. The molecule has 6 heteroatoms. The summed E-state index contributed by atoms with van der Waals surface area (Å²) in [6.07, 6.45) is 2.13. The summed E-state index contributed by atoms with van der Waals surface area (Å²) >= 11 is 0. The molecule has 0 saturated carbocycles. The van der Waals surface area contributed by atoms with Crippen molar-refractivity contribution < 1.29 is 14.7 Å². The molecule has 1 N–H and O–H groups in total. The molecule has 0 aromatic heterocycles. The number of piperazine rings is 1. The molecule has 2 aliphatic heterocycles. The number of nitrogens with zero attached hydrogens (tertiary/aromatic N) is 3. The van der Waals surface area contributed by atoms with Crippen molar-refractivity contribution in [1.82, 2.24) is 14.7 Å². The van der Waals surface area contributed by atoms with Crippen LogP contribution in [-0.2, 0) is 4.79 Å². The molecule has 148 valence electrons. The Morgan fingerprint density at radius 1 is 1.00 bits per heavy atom. The highest BCUT2D eigenvalue weighted by Gasteiger charge is 2.30. The molecule has 6 nitrogen and oxygen atoms in total. The molecular weight excluding hydrogens is 342 g/mol. The Morgan fingerprint density at radius 2 is 1.59 bits per heavy atom. The van der Waals surface area contributed by atoms with Crippen LogP contribution in [0.2, 0.25) is 0 Å². The Balaban J connectivity index is 1.49. The summed E-state index contributed by atoms with van der Waals surface area (Å²) in [6, 6.07) is 7.77. The Kier molecular flexibility index (Phi) is 6.50. The van der Waals surface area contributed by atoms with E-state index in [1.54, 1.807) is 19.1 Å². The maximum atomic E-state index is 12.7. The predicted molar refractivity (Wildman–Crippen MR) is 104 cm³/mol. The Hall–Kier alpha value is -1.92. The van der Waals surface area contributed by atoms with Crippen LogP contribution in [0.3, 0.4) is 0 Å². The smallest absolute Gasteiger partial charge is 0.253 e. The average Bonchev–Trinajstić information content (AvgIpc) is 2.73. The van der Waals surface area contributed by atoms with E-state index in [9.17, 15) is 14.7 Å². The molecule has 1 aromatic carbocycles. The van der Waals surface area contributed by atoms with Gasteiger partial charge in [0.05, 0.1) is 6.10 Å². The Bertz CT molecular complexity index is 643. The van der Waals surface area contributed by atoms with Gasteiger partial charge in [-0.1, -0.05) is 19.1 Å².